The van der Waals surface area contributed by atoms with Crippen LogP contribution in [0.1, 0.15) is 51.4 Å². The number of hydrogen-bond donors (Lipinski definition) is 1. The molecule has 5 nitrogen and oxygen atoms in total. The van der Waals surface area contributed by atoms with Crippen LogP contribution in [0, 0.1) is 5.41 Å². The highest BCUT2D eigenvalue weighted by atomic mass is 16.5. The molecule has 0 radical (unpaired) electrons. The van der Waals surface area contributed by atoms with Crippen LogP contribution in [-0.2, 0) is 14.3 Å². The van der Waals surface area contributed by atoms with E-state index in [4.69, 9.17) is 9.84 Å². The van der Waals surface area contributed by atoms with Gasteiger partial charge in [0, 0.05) is 39.1 Å². The minimum absolute atomic E-state index is 0.161. The molecule has 2 heterocycles. The molecule has 5 heteroatoms. The minimum Gasteiger partial charge on any atom is -0.481 e. The quantitative estimate of drug-likeness (QED) is 0.784. The maximum absolute atomic E-state index is 12.2. The van der Waals surface area contributed by atoms with E-state index in [1.807, 2.05) is 4.90 Å². The Labute approximate surface area is 120 Å². The summed E-state index contributed by atoms with van der Waals surface area (Å²) in [7, 11) is 0. The van der Waals surface area contributed by atoms with Gasteiger partial charge in [-0.2, -0.15) is 0 Å². The number of nitrogens with zero attached hydrogens (tertiary/aromatic N) is 1. The maximum atomic E-state index is 12.2. The molecule has 114 valence electrons. The summed E-state index contributed by atoms with van der Waals surface area (Å²) in [5.74, 6) is -0.586. The Balaban J connectivity index is 1.76. The van der Waals surface area contributed by atoms with Crippen molar-refractivity contribution in [3.63, 3.8) is 0 Å². The number of rotatable bonds is 5. The average Bonchev–Trinajstić information content (AvgIpc) is 2.44. The zero-order valence-corrected chi connectivity index (χ0v) is 12.1. The van der Waals surface area contributed by atoms with Gasteiger partial charge < -0.3 is 14.7 Å². The smallest absolute Gasteiger partial charge is 0.303 e. The molecule has 0 aromatic carbocycles. The summed E-state index contributed by atoms with van der Waals surface area (Å²) in [6.45, 7) is 3.37. The van der Waals surface area contributed by atoms with E-state index in [9.17, 15) is 9.59 Å². The lowest BCUT2D eigenvalue weighted by Crippen LogP contribution is -2.48. The predicted molar refractivity (Wildman–Crippen MR) is 74.4 cm³/mol. The van der Waals surface area contributed by atoms with Gasteiger partial charge in [0.05, 0.1) is 0 Å². The monoisotopic (exact) mass is 283 g/mol. The first-order chi connectivity index (χ1) is 9.61. The molecule has 2 rings (SSSR count). The Kier molecular flexibility index (Phi) is 5.40. The highest BCUT2D eigenvalue weighted by Gasteiger charge is 2.38. The molecule has 1 amide bonds. The van der Waals surface area contributed by atoms with Crippen LogP contribution in [-0.4, -0.2) is 48.2 Å². The summed E-state index contributed by atoms with van der Waals surface area (Å²) in [5, 5.41) is 8.59. The summed E-state index contributed by atoms with van der Waals surface area (Å²) in [5.41, 5.74) is 0.285. The summed E-state index contributed by atoms with van der Waals surface area (Å²) in [4.78, 5) is 24.7. The third kappa shape index (κ3) is 4.20. The zero-order chi connectivity index (χ0) is 14.4. The van der Waals surface area contributed by atoms with E-state index < -0.39 is 5.97 Å². The molecule has 0 aliphatic carbocycles. The van der Waals surface area contributed by atoms with E-state index in [2.05, 4.69) is 0 Å². The second-order valence-electron chi connectivity index (χ2n) is 6.13. The summed E-state index contributed by atoms with van der Waals surface area (Å²) in [6.07, 6.45) is 6.34. The number of carboxylic acids is 1. The fraction of sp³-hybridized carbons (Fsp3) is 0.867. The van der Waals surface area contributed by atoms with E-state index in [0.717, 1.165) is 45.6 Å². The number of unbranched alkanes of at least 4 members (excludes halogenated alkanes) is 1. The van der Waals surface area contributed by atoms with Crippen molar-refractivity contribution in [1.29, 1.82) is 0 Å². The van der Waals surface area contributed by atoms with Gasteiger partial charge in [-0.05, 0) is 43.9 Å². The fourth-order valence-corrected chi connectivity index (χ4v) is 3.34. The molecule has 0 atom stereocenters. The van der Waals surface area contributed by atoms with Crippen LogP contribution in [0.15, 0.2) is 0 Å². The third-order valence-electron chi connectivity index (χ3n) is 4.60. The Hall–Kier alpha value is -1.10. The highest BCUT2D eigenvalue weighted by Crippen LogP contribution is 2.39. The zero-order valence-electron chi connectivity index (χ0n) is 12.1. The molecule has 0 aromatic rings. The van der Waals surface area contributed by atoms with Gasteiger partial charge in [-0.25, -0.2) is 0 Å². The normalized spacial score (nSPS) is 21.9. The predicted octanol–water partition coefficient (Wildman–Crippen LogP) is 2.05. The van der Waals surface area contributed by atoms with Crippen LogP contribution >= 0.6 is 0 Å². The molecule has 2 saturated heterocycles. The van der Waals surface area contributed by atoms with Crippen LogP contribution < -0.4 is 0 Å². The van der Waals surface area contributed by atoms with Crippen molar-refractivity contribution in [3.8, 4) is 0 Å². The first-order valence-electron chi connectivity index (χ1n) is 7.69. The van der Waals surface area contributed by atoms with Crippen LogP contribution in [0.25, 0.3) is 0 Å². The Bertz CT molecular complexity index is 344. The number of likely N-dealkylation sites (tertiary alicyclic amines) is 1. The molecule has 0 saturated carbocycles. The van der Waals surface area contributed by atoms with Gasteiger partial charge in [0.2, 0.25) is 5.91 Å². The van der Waals surface area contributed by atoms with E-state index in [1.54, 1.807) is 0 Å². The molecule has 2 aliphatic heterocycles. The Morgan fingerprint density at radius 1 is 1.10 bits per heavy atom. The number of carboxylic acid groups (broad SMARTS) is 1. The number of piperidine rings is 1. The van der Waals surface area contributed by atoms with E-state index >= 15 is 0 Å². The SMILES string of the molecule is O=C(O)CCCCC(=O)N1CCCC2(CCOCC2)C1. The van der Waals surface area contributed by atoms with Gasteiger partial charge in [-0.15, -0.1) is 0 Å². The van der Waals surface area contributed by atoms with Gasteiger partial charge in [-0.3, -0.25) is 9.59 Å². The maximum Gasteiger partial charge on any atom is 0.303 e. The summed E-state index contributed by atoms with van der Waals surface area (Å²) < 4.78 is 5.44. The van der Waals surface area contributed by atoms with Gasteiger partial charge in [-0.1, -0.05) is 0 Å². The second kappa shape index (κ2) is 7.07. The number of carbonyl (C=O) groups excluding carboxylic acids is 1. The van der Waals surface area contributed by atoms with Crippen molar-refractivity contribution in [1.82, 2.24) is 4.90 Å². The van der Waals surface area contributed by atoms with Crippen molar-refractivity contribution in [3.05, 3.63) is 0 Å². The van der Waals surface area contributed by atoms with E-state index in [1.165, 1.54) is 6.42 Å². The van der Waals surface area contributed by atoms with Crippen LogP contribution in [0.5, 0.6) is 0 Å². The van der Waals surface area contributed by atoms with Gasteiger partial charge in [0.1, 0.15) is 0 Å². The average molecular weight is 283 g/mol. The standard InChI is InChI=1S/C15H25NO4/c17-13(4-1-2-5-14(18)19)16-9-3-6-15(12-16)7-10-20-11-8-15/h1-12H2,(H,18,19). The molecule has 0 bridgehead atoms. The van der Waals surface area contributed by atoms with Crippen molar-refractivity contribution in [2.75, 3.05) is 26.3 Å². The highest BCUT2D eigenvalue weighted by molar-refractivity contribution is 5.76. The van der Waals surface area contributed by atoms with E-state index in [0.29, 0.717) is 19.3 Å². The van der Waals surface area contributed by atoms with Gasteiger partial charge >= 0.3 is 5.97 Å². The molecular formula is C15H25NO4. The van der Waals surface area contributed by atoms with E-state index in [-0.39, 0.29) is 17.7 Å². The van der Waals surface area contributed by atoms with Crippen molar-refractivity contribution < 1.29 is 19.4 Å². The molecule has 2 fully saturated rings. The van der Waals surface area contributed by atoms with Crippen molar-refractivity contribution in [2.24, 2.45) is 5.41 Å². The van der Waals surface area contributed by atoms with Gasteiger partial charge in [0.15, 0.2) is 0 Å². The van der Waals surface area contributed by atoms with Crippen LogP contribution in [0.2, 0.25) is 0 Å². The molecule has 20 heavy (non-hydrogen) atoms. The van der Waals surface area contributed by atoms with Crippen molar-refractivity contribution in [2.45, 2.75) is 51.4 Å². The number of aliphatic carboxylic acids is 1. The lowest BCUT2D eigenvalue weighted by Gasteiger charge is -2.45. The summed E-state index contributed by atoms with van der Waals surface area (Å²) in [6, 6.07) is 0. The lowest BCUT2D eigenvalue weighted by atomic mass is 9.74. The van der Waals surface area contributed by atoms with Crippen molar-refractivity contribution >= 4 is 11.9 Å². The Morgan fingerprint density at radius 3 is 2.50 bits per heavy atom. The number of ether oxygens (including phenoxy) is 1. The molecule has 0 unspecified atom stereocenters. The van der Waals surface area contributed by atoms with Crippen LogP contribution in [0.4, 0.5) is 0 Å². The van der Waals surface area contributed by atoms with Crippen LogP contribution in [0.3, 0.4) is 0 Å². The minimum atomic E-state index is -0.781. The van der Waals surface area contributed by atoms with Gasteiger partial charge in [0.25, 0.3) is 0 Å². The topological polar surface area (TPSA) is 66.8 Å². The molecular weight excluding hydrogens is 258 g/mol. The fourth-order valence-electron chi connectivity index (χ4n) is 3.34. The number of hydrogen-bond acceptors (Lipinski definition) is 3. The lowest BCUT2D eigenvalue weighted by molar-refractivity contribution is -0.139. The molecule has 2 aliphatic rings. The Morgan fingerprint density at radius 2 is 1.80 bits per heavy atom. The molecule has 0 aromatic heterocycles. The summed E-state index contributed by atoms with van der Waals surface area (Å²) >= 11 is 0. The molecule has 1 N–H and O–H groups in total. The largest absolute Gasteiger partial charge is 0.481 e. The number of amides is 1. The first kappa shape index (κ1) is 15.3. The molecule has 1 spiro atoms. The number of carbonyl (C=O) groups is 2. The first-order valence-corrected chi connectivity index (χ1v) is 7.69. The second-order valence-corrected chi connectivity index (χ2v) is 6.13. The third-order valence-corrected chi connectivity index (χ3v) is 4.60.